The topological polar surface area (TPSA) is 26.0 Å². The first-order valence-electron chi connectivity index (χ1n) is 5.33. The van der Waals surface area contributed by atoms with Crippen LogP contribution in [0.2, 0.25) is 0 Å². The summed E-state index contributed by atoms with van der Waals surface area (Å²) in [4.78, 5) is 0. The second-order valence-corrected chi connectivity index (χ2v) is 4.66. The van der Waals surface area contributed by atoms with E-state index in [2.05, 4.69) is 45.9 Å². The quantitative estimate of drug-likeness (QED) is 0.779. The maximum atomic E-state index is 6.13. The molecule has 1 nitrogen and oxygen atoms in total. The van der Waals surface area contributed by atoms with Gasteiger partial charge in [-0.1, -0.05) is 43.2 Å². The molecule has 0 heterocycles. The van der Waals surface area contributed by atoms with Crippen LogP contribution in [0.4, 0.5) is 0 Å². The zero-order chi connectivity index (χ0) is 10.7. The lowest BCUT2D eigenvalue weighted by Gasteiger charge is -2.15. The lowest BCUT2D eigenvalue weighted by atomic mass is 9.95. The molecule has 1 atom stereocenters. The zero-order valence-corrected chi connectivity index (χ0v) is 9.67. The van der Waals surface area contributed by atoms with E-state index >= 15 is 0 Å². The van der Waals surface area contributed by atoms with Crippen molar-refractivity contribution in [2.24, 2.45) is 11.7 Å². The summed E-state index contributed by atoms with van der Waals surface area (Å²) < 4.78 is 0. The Morgan fingerprint density at radius 2 is 1.57 bits per heavy atom. The molecule has 0 amide bonds. The number of hydrogen-bond acceptors (Lipinski definition) is 1. The number of benzene rings is 1. The molecule has 14 heavy (non-hydrogen) atoms. The summed E-state index contributed by atoms with van der Waals surface area (Å²) in [7, 11) is 0. The fourth-order valence-corrected chi connectivity index (χ4v) is 1.87. The molecule has 0 radical (unpaired) electrons. The van der Waals surface area contributed by atoms with E-state index in [0.717, 1.165) is 6.42 Å². The Kier molecular flexibility index (Phi) is 3.70. The van der Waals surface area contributed by atoms with Crippen LogP contribution in [0.15, 0.2) is 18.2 Å². The standard InChI is InChI=1S/C13H21N/c1-9(2)5-13(14)12-7-10(3)6-11(4)8-12/h6-9,13H,5,14H2,1-4H3/t13-/m1/s1. The van der Waals surface area contributed by atoms with Crippen LogP contribution in [-0.4, -0.2) is 0 Å². The maximum absolute atomic E-state index is 6.13. The van der Waals surface area contributed by atoms with Gasteiger partial charge in [-0.05, 0) is 31.7 Å². The van der Waals surface area contributed by atoms with Crippen molar-refractivity contribution in [1.82, 2.24) is 0 Å². The Balaban J connectivity index is 2.84. The van der Waals surface area contributed by atoms with Gasteiger partial charge in [0.25, 0.3) is 0 Å². The summed E-state index contributed by atoms with van der Waals surface area (Å²) in [6, 6.07) is 6.76. The number of aryl methyl sites for hydroxylation is 2. The fraction of sp³-hybridized carbons (Fsp3) is 0.538. The summed E-state index contributed by atoms with van der Waals surface area (Å²) >= 11 is 0. The number of hydrogen-bond donors (Lipinski definition) is 1. The predicted octanol–water partition coefficient (Wildman–Crippen LogP) is 3.35. The molecule has 0 bridgehead atoms. The second-order valence-electron chi connectivity index (χ2n) is 4.66. The van der Waals surface area contributed by atoms with Crippen molar-refractivity contribution in [3.8, 4) is 0 Å². The van der Waals surface area contributed by atoms with Crippen LogP contribution in [-0.2, 0) is 0 Å². The third-order valence-electron chi connectivity index (χ3n) is 2.40. The Labute approximate surface area is 87.3 Å². The van der Waals surface area contributed by atoms with Crippen LogP contribution < -0.4 is 5.73 Å². The van der Waals surface area contributed by atoms with Gasteiger partial charge < -0.3 is 5.73 Å². The highest BCUT2D eigenvalue weighted by Crippen LogP contribution is 2.20. The summed E-state index contributed by atoms with van der Waals surface area (Å²) in [5, 5.41) is 0. The highest BCUT2D eigenvalue weighted by molar-refractivity contribution is 5.30. The predicted molar refractivity (Wildman–Crippen MR) is 62.3 cm³/mol. The number of rotatable bonds is 3. The van der Waals surface area contributed by atoms with E-state index in [4.69, 9.17) is 5.73 Å². The van der Waals surface area contributed by atoms with Crippen molar-refractivity contribution in [2.45, 2.75) is 40.2 Å². The first kappa shape index (κ1) is 11.3. The van der Waals surface area contributed by atoms with Crippen LogP contribution >= 0.6 is 0 Å². The van der Waals surface area contributed by atoms with Crippen molar-refractivity contribution >= 4 is 0 Å². The molecule has 1 aromatic carbocycles. The highest BCUT2D eigenvalue weighted by Gasteiger charge is 2.08. The minimum absolute atomic E-state index is 0.189. The molecule has 0 aliphatic carbocycles. The average molecular weight is 191 g/mol. The van der Waals surface area contributed by atoms with Gasteiger partial charge in [0.05, 0.1) is 0 Å². The van der Waals surface area contributed by atoms with Crippen molar-refractivity contribution in [1.29, 1.82) is 0 Å². The summed E-state index contributed by atoms with van der Waals surface area (Å²) in [5.41, 5.74) is 10.0. The van der Waals surface area contributed by atoms with E-state index in [1.807, 2.05) is 0 Å². The molecule has 0 aliphatic rings. The molecule has 0 fully saturated rings. The summed E-state index contributed by atoms with van der Waals surface area (Å²) in [6.45, 7) is 8.67. The molecule has 0 saturated heterocycles. The van der Waals surface area contributed by atoms with Gasteiger partial charge in [-0.3, -0.25) is 0 Å². The highest BCUT2D eigenvalue weighted by atomic mass is 14.6. The first-order valence-corrected chi connectivity index (χ1v) is 5.33. The van der Waals surface area contributed by atoms with Crippen LogP contribution in [0.25, 0.3) is 0 Å². The van der Waals surface area contributed by atoms with Gasteiger partial charge in [0.1, 0.15) is 0 Å². The molecule has 1 heteroatoms. The Morgan fingerprint density at radius 3 is 2.00 bits per heavy atom. The monoisotopic (exact) mass is 191 g/mol. The van der Waals surface area contributed by atoms with Crippen molar-refractivity contribution in [3.05, 3.63) is 34.9 Å². The number of nitrogens with two attached hydrogens (primary N) is 1. The van der Waals surface area contributed by atoms with Crippen LogP contribution in [0.1, 0.15) is 43.0 Å². The maximum Gasteiger partial charge on any atom is 0.0297 e. The van der Waals surface area contributed by atoms with Gasteiger partial charge in [-0.25, -0.2) is 0 Å². The van der Waals surface area contributed by atoms with E-state index in [9.17, 15) is 0 Å². The van der Waals surface area contributed by atoms with E-state index < -0.39 is 0 Å². The SMILES string of the molecule is Cc1cc(C)cc([C@H](N)CC(C)C)c1. The smallest absolute Gasteiger partial charge is 0.0297 e. The van der Waals surface area contributed by atoms with E-state index in [1.165, 1.54) is 16.7 Å². The van der Waals surface area contributed by atoms with Crippen molar-refractivity contribution < 1.29 is 0 Å². The molecule has 1 rings (SSSR count). The molecule has 0 saturated carbocycles. The zero-order valence-electron chi connectivity index (χ0n) is 9.67. The Hall–Kier alpha value is -0.820. The minimum atomic E-state index is 0.189. The van der Waals surface area contributed by atoms with Gasteiger partial charge >= 0.3 is 0 Å². The Morgan fingerprint density at radius 1 is 1.07 bits per heavy atom. The van der Waals surface area contributed by atoms with Gasteiger partial charge in [-0.15, -0.1) is 0 Å². The molecule has 2 N–H and O–H groups in total. The molecule has 0 aromatic heterocycles. The lowest BCUT2D eigenvalue weighted by molar-refractivity contribution is 0.509. The largest absolute Gasteiger partial charge is 0.324 e. The Bertz CT molecular complexity index is 282. The molecule has 78 valence electrons. The van der Waals surface area contributed by atoms with Gasteiger partial charge in [-0.2, -0.15) is 0 Å². The minimum Gasteiger partial charge on any atom is -0.324 e. The van der Waals surface area contributed by atoms with Gasteiger partial charge in [0, 0.05) is 6.04 Å². The van der Waals surface area contributed by atoms with Gasteiger partial charge in [0.2, 0.25) is 0 Å². The summed E-state index contributed by atoms with van der Waals surface area (Å²) in [6.07, 6.45) is 1.06. The molecular formula is C13H21N. The van der Waals surface area contributed by atoms with E-state index in [1.54, 1.807) is 0 Å². The van der Waals surface area contributed by atoms with Crippen LogP contribution in [0.3, 0.4) is 0 Å². The second kappa shape index (κ2) is 4.61. The third-order valence-corrected chi connectivity index (χ3v) is 2.40. The fourth-order valence-electron chi connectivity index (χ4n) is 1.87. The van der Waals surface area contributed by atoms with Crippen molar-refractivity contribution in [3.63, 3.8) is 0 Å². The van der Waals surface area contributed by atoms with Crippen LogP contribution in [0, 0.1) is 19.8 Å². The van der Waals surface area contributed by atoms with Crippen LogP contribution in [0.5, 0.6) is 0 Å². The first-order chi connectivity index (χ1) is 6.49. The molecule has 1 aromatic rings. The molecule has 0 unspecified atom stereocenters. The summed E-state index contributed by atoms with van der Waals surface area (Å²) in [5.74, 6) is 0.658. The molecule has 0 aliphatic heterocycles. The van der Waals surface area contributed by atoms with E-state index in [-0.39, 0.29) is 6.04 Å². The van der Waals surface area contributed by atoms with Gasteiger partial charge in [0.15, 0.2) is 0 Å². The molecule has 0 spiro atoms. The normalized spacial score (nSPS) is 13.3. The van der Waals surface area contributed by atoms with Crippen molar-refractivity contribution in [2.75, 3.05) is 0 Å². The lowest BCUT2D eigenvalue weighted by Crippen LogP contribution is -2.13. The van der Waals surface area contributed by atoms with E-state index in [0.29, 0.717) is 5.92 Å². The average Bonchev–Trinajstić information content (AvgIpc) is 2.00. The third kappa shape index (κ3) is 3.15. The molecular weight excluding hydrogens is 170 g/mol.